The molecule has 1 spiro atoms. The Bertz CT molecular complexity index is 1270. The van der Waals surface area contributed by atoms with Crippen LogP contribution >= 0.6 is 11.8 Å². The lowest BCUT2D eigenvalue weighted by Gasteiger charge is -2.45. The summed E-state index contributed by atoms with van der Waals surface area (Å²) in [5, 5.41) is 10.8. The molecule has 4 aliphatic rings. The number of carbonyl (C=O) groups is 3. The van der Waals surface area contributed by atoms with Crippen LogP contribution in [0.5, 0.6) is 0 Å². The van der Waals surface area contributed by atoms with Crippen LogP contribution < -0.4 is 0 Å². The van der Waals surface area contributed by atoms with Crippen molar-refractivity contribution < 1.29 is 24.2 Å². The van der Waals surface area contributed by atoms with E-state index in [1.54, 1.807) is 16.7 Å². The van der Waals surface area contributed by atoms with Crippen molar-refractivity contribution in [2.75, 3.05) is 19.8 Å². The Morgan fingerprint density at radius 2 is 1.71 bits per heavy atom. The number of carbonyl (C=O) groups excluding carboxylic acids is 3. The summed E-state index contributed by atoms with van der Waals surface area (Å²) in [6, 6.07) is 7.77. The number of hydrogen-bond donors (Lipinski definition) is 1. The fourth-order valence-electron chi connectivity index (χ4n) is 8.04. The third kappa shape index (κ3) is 5.23. The molecule has 7 nitrogen and oxygen atoms in total. The van der Waals surface area contributed by atoms with Crippen LogP contribution in [-0.4, -0.2) is 73.5 Å². The minimum atomic E-state index is -1.00. The number of amides is 2. The predicted molar refractivity (Wildman–Crippen MR) is 166 cm³/mol. The molecular weight excluding hydrogens is 548 g/mol. The Labute approximate surface area is 254 Å². The van der Waals surface area contributed by atoms with Crippen molar-refractivity contribution >= 4 is 29.5 Å². The molecule has 0 aliphatic carbocycles. The van der Waals surface area contributed by atoms with Gasteiger partial charge in [-0.3, -0.25) is 14.4 Å². The molecule has 1 N–H and O–H groups in total. The van der Waals surface area contributed by atoms with Crippen molar-refractivity contribution in [1.29, 1.82) is 0 Å². The van der Waals surface area contributed by atoms with Crippen LogP contribution in [0.1, 0.15) is 78.8 Å². The van der Waals surface area contributed by atoms with Gasteiger partial charge in [-0.05, 0) is 57.4 Å². The summed E-state index contributed by atoms with van der Waals surface area (Å²) >= 11 is 1.55. The Kier molecular flexibility index (Phi) is 8.20. The van der Waals surface area contributed by atoms with E-state index in [-0.39, 0.29) is 29.8 Å². The fourth-order valence-corrected chi connectivity index (χ4v) is 10.2. The van der Waals surface area contributed by atoms with Crippen molar-refractivity contribution in [3.63, 3.8) is 0 Å². The number of allylic oxidation sites excluding steroid dienone is 1. The van der Waals surface area contributed by atoms with E-state index in [0.29, 0.717) is 13.2 Å². The van der Waals surface area contributed by atoms with E-state index in [2.05, 4.69) is 46.8 Å². The van der Waals surface area contributed by atoms with E-state index in [1.807, 2.05) is 54.3 Å². The van der Waals surface area contributed by atoms with Gasteiger partial charge < -0.3 is 19.6 Å². The van der Waals surface area contributed by atoms with Gasteiger partial charge in [0.05, 0.1) is 35.8 Å². The maximum absolute atomic E-state index is 15.0. The number of thioether (sulfide) groups is 1. The van der Waals surface area contributed by atoms with E-state index in [9.17, 15) is 14.7 Å². The monoisotopic (exact) mass is 594 g/mol. The molecule has 1 unspecified atom stereocenters. The van der Waals surface area contributed by atoms with Gasteiger partial charge in [0.25, 0.3) is 0 Å². The molecule has 0 radical (unpaired) electrons. The highest BCUT2D eigenvalue weighted by Crippen LogP contribution is 2.66. The van der Waals surface area contributed by atoms with Crippen molar-refractivity contribution in [2.24, 2.45) is 17.3 Å². The number of aliphatic hydroxyl groups excluding tert-OH is 1. The smallest absolute Gasteiger partial charge is 0.311 e. The summed E-state index contributed by atoms with van der Waals surface area (Å²) < 4.78 is 4.06. The second kappa shape index (κ2) is 11.2. The molecule has 1 aromatic rings. The molecule has 2 amide bonds. The molecule has 0 aromatic heterocycles. The molecule has 228 valence electrons. The van der Waals surface area contributed by atoms with Gasteiger partial charge in [-0.2, -0.15) is 0 Å². The lowest BCUT2D eigenvalue weighted by Crippen LogP contribution is -2.59. The number of cyclic esters (lactones) is 1. The lowest BCUT2D eigenvalue weighted by molar-refractivity contribution is -0.155. The average Bonchev–Trinajstić information content (AvgIpc) is 3.23. The lowest BCUT2D eigenvalue weighted by atomic mass is 9.74. The minimum Gasteiger partial charge on any atom is -0.465 e. The molecule has 5 rings (SSSR count). The summed E-state index contributed by atoms with van der Waals surface area (Å²) in [4.78, 5) is 47.2. The van der Waals surface area contributed by atoms with E-state index in [4.69, 9.17) is 4.74 Å². The van der Waals surface area contributed by atoms with Gasteiger partial charge in [0.1, 0.15) is 6.04 Å². The van der Waals surface area contributed by atoms with Crippen molar-refractivity contribution in [2.45, 2.75) is 94.3 Å². The predicted octanol–water partition coefficient (Wildman–Crippen LogP) is 5.30. The van der Waals surface area contributed by atoms with Crippen LogP contribution in [0.4, 0.5) is 0 Å². The molecule has 0 bridgehead atoms. The summed E-state index contributed by atoms with van der Waals surface area (Å²) in [5.41, 5.74) is 0.226. The Balaban J connectivity index is 1.69. The zero-order valence-corrected chi connectivity index (χ0v) is 26.7. The fraction of sp³-hybridized carbons (Fsp3) is 0.618. The molecule has 6 atom stereocenters. The normalized spacial score (nSPS) is 33.4. The standard InChI is InChI=1S/C34H46N2O5S/c1-31(2,3)22-32(4,5)35-19-14-18-34-25(26-30(40)41-20-13-8-7-12-17-33(26,6)42-34)28(38)36(27(34)29(35)39)24(21-37)23-15-10-9-11-16-23/h9-12,14-18,24-27,37H,7-8,13,19-22H2,1-6H3/b17-12-/t24-,25+,26-,27?,33+,34+/m1/s1. The van der Waals surface area contributed by atoms with Crippen molar-refractivity contribution in [3.8, 4) is 0 Å². The largest absolute Gasteiger partial charge is 0.465 e. The topological polar surface area (TPSA) is 87.2 Å². The van der Waals surface area contributed by atoms with Gasteiger partial charge in [-0.25, -0.2) is 0 Å². The highest BCUT2D eigenvalue weighted by atomic mass is 32.2. The Hall–Kier alpha value is -2.58. The molecule has 2 fully saturated rings. The first kappa shape index (κ1) is 30.9. The van der Waals surface area contributed by atoms with Gasteiger partial charge >= 0.3 is 5.97 Å². The number of ether oxygens (including phenoxy) is 1. The number of benzene rings is 1. The number of nitrogens with zero attached hydrogens (tertiary/aromatic N) is 2. The Morgan fingerprint density at radius 3 is 2.38 bits per heavy atom. The highest BCUT2D eigenvalue weighted by molar-refractivity contribution is 8.02. The summed E-state index contributed by atoms with van der Waals surface area (Å²) in [5.74, 6) is -2.38. The van der Waals surface area contributed by atoms with E-state index in [0.717, 1.165) is 31.2 Å². The number of aliphatic hydroxyl groups is 1. The summed E-state index contributed by atoms with van der Waals surface area (Å²) in [6.45, 7) is 13.1. The quantitative estimate of drug-likeness (QED) is 0.368. The number of hydrogen-bond acceptors (Lipinski definition) is 6. The SMILES string of the molecule is CC(C)(C)CC(C)(C)N1CC=C[C@]23S[C@@]4(C)/C=C\CCCCOC(=O)[C@H]4[C@H]2C(=O)N([C@H](CO)c2ccccc2)C3C1=O. The third-order valence-electron chi connectivity index (χ3n) is 9.32. The van der Waals surface area contributed by atoms with Gasteiger partial charge in [0.2, 0.25) is 11.8 Å². The maximum atomic E-state index is 15.0. The maximum Gasteiger partial charge on any atom is 0.311 e. The van der Waals surface area contributed by atoms with E-state index >= 15 is 4.79 Å². The van der Waals surface area contributed by atoms with Crippen LogP contribution in [0.15, 0.2) is 54.6 Å². The zero-order chi connectivity index (χ0) is 30.5. The van der Waals surface area contributed by atoms with Crippen LogP contribution in [0.3, 0.4) is 0 Å². The molecule has 4 heterocycles. The first-order valence-corrected chi connectivity index (χ1v) is 16.1. The minimum absolute atomic E-state index is 0.0323. The first-order chi connectivity index (χ1) is 19.8. The molecule has 8 heteroatoms. The van der Waals surface area contributed by atoms with Crippen LogP contribution in [0, 0.1) is 17.3 Å². The van der Waals surface area contributed by atoms with Gasteiger partial charge in [-0.15, -0.1) is 11.8 Å². The number of fused-ring (bicyclic) bond motifs is 2. The van der Waals surface area contributed by atoms with Crippen molar-refractivity contribution in [3.05, 3.63) is 60.2 Å². The molecular formula is C34H46N2O5S. The number of likely N-dealkylation sites (tertiary alicyclic amines) is 1. The van der Waals surface area contributed by atoms with Gasteiger partial charge in [0, 0.05) is 16.8 Å². The van der Waals surface area contributed by atoms with Gasteiger partial charge in [-0.1, -0.05) is 75.4 Å². The van der Waals surface area contributed by atoms with Gasteiger partial charge in [0.15, 0.2) is 0 Å². The molecule has 2 saturated heterocycles. The molecule has 0 saturated carbocycles. The third-order valence-corrected chi connectivity index (χ3v) is 11.1. The van der Waals surface area contributed by atoms with Crippen LogP contribution in [-0.2, 0) is 19.1 Å². The van der Waals surface area contributed by atoms with E-state index < -0.39 is 39.0 Å². The summed E-state index contributed by atoms with van der Waals surface area (Å²) in [6.07, 6.45) is 11.6. The first-order valence-electron chi connectivity index (χ1n) is 15.3. The zero-order valence-electron chi connectivity index (χ0n) is 25.8. The highest BCUT2D eigenvalue weighted by Gasteiger charge is 2.74. The number of esters is 1. The van der Waals surface area contributed by atoms with Crippen LogP contribution in [0.2, 0.25) is 0 Å². The molecule has 42 heavy (non-hydrogen) atoms. The summed E-state index contributed by atoms with van der Waals surface area (Å²) in [7, 11) is 0. The second-order valence-corrected chi connectivity index (χ2v) is 16.1. The molecule has 1 aromatic carbocycles. The second-order valence-electron chi connectivity index (χ2n) is 14.3. The Morgan fingerprint density at radius 1 is 1.00 bits per heavy atom. The number of rotatable bonds is 5. The van der Waals surface area contributed by atoms with Crippen LogP contribution in [0.25, 0.3) is 0 Å². The average molecular weight is 595 g/mol. The van der Waals surface area contributed by atoms with Crippen molar-refractivity contribution in [1.82, 2.24) is 9.80 Å². The molecule has 4 aliphatic heterocycles. The van der Waals surface area contributed by atoms with E-state index in [1.165, 1.54) is 0 Å².